The van der Waals surface area contributed by atoms with Crippen molar-refractivity contribution >= 4 is 34.7 Å². The number of aryl methyl sites for hydroxylation is 2. The van der Waals surface area contributed by atoms with Crippen molar-refractivity contribution in [3.05, 3.63) is 93.9 Å². The second kappa shape index (κ2) is 7.26. The third kappa shape index (κ3) is 3.23. The number of anilines is 1. The summed E-state index contributed by atoms with van der Waals surface area (Å²) in [7, 11) is 0. The Morgan fingerprint density at radius 3 is 2.38 bits per heavy atom. The van der Waals surface area contributed by atoms with Gasteiger partial charge >= 0.3 is 0 Å². The van der Waals surface area contributed by atoms with Gasteiger partial charge in [-0.2, -0.15) is 0 Å². The molecule has 146 valence electrons. The van der Waals surface area contributed by atoms with Crippen LogP contribution >= 0.6 is 11.6 Å². The number of nitrogens with zero attached hydrogens (tertiary/aromatic N) is 1. The van der Waals surface area contributed by atoms with E-state index in [4.69, 9.17) is 16.0 Å². The normalized spacial score (nSPS) is 18.4. The predicted molar refractivity (Wildman–Crippen MR) is 111 cm³/mol. The average molecular weight is 408 g/mol. The molecule has 1 unspecified atom stereocenters. The molecule has 1 aliphatic heterocycles. The van der Waals surface area contributed by atoms with Crippen molar-refractivity contribution in [2.24, 2.45) is 0 Å². The third-order valence-electron chi connectivity index (χ3n) is 5.14. The van der Waals surface area contributed by atoms with Crippen LogP contribution in [0.3, 0.4) is 0 Å². The van der Waals surface area contributed by atoms with Crippen LogP contribution in [0.5, 0.6) is 0 Å². The number of Topliss-reactive ketones (excluding diaryl/α,β-unsaturated/α-hetero) is 1. The summed E-state index contributed by atoms with van der Waals surface area (Å²) >= 11 is 5.93. The summed E-state index contributed by atoms with van der Waals surface area (Å²) in [5, 5.41) is 11.4. The average Bonchev–Trinajstić information content (AvgIpc) is 3.32. The van der Waals surface area contributed by atoms with Gasteiger partial charge in [-0.25, -0.2) is 0 Å². The molecule has 6 heteroatoms. The van der Waals surface area contributed by atoms with Crippen molar-refractivity contribution in [2.45, 2.75) is 19.9 Å². The van der Waals surface area contributed by atoms with Gasteiger partial charge in [0.2, 0.25) is 0 Å². The van der Waals surface area contributed by atoms with E-state index in [-0.39, 0.29) is 11.3 Å². The van der Waals surface area contributed by atoms with E-state index in [0.717, 1.165) is 11.1 Å². The Morgan fingerprint density at radius 2 is 1.76 bits per heavy atom. The highest BCUT2D eigenvalue weighted by molar-refractivity contribution is 6.51. The molecule has 0 saturated carbocycles. The molecule has 1 aliphatic rings. The van der Waals surface area contributed by atoms with Gasteiger partial charge in [0.15, 0.2) is 0 Å². The Hall–Kier alpha value is -3.31. The van der Waals surface area contributed by atoms with Gasteiger partial charge in [0.25, 0.3) is 11.7 Å². The summed E-state index contributed by atoms with van der Waals surface area (Å²) in [6.45, 7) is 3.91. The fraction of sp³-hybridized carbons (Fsp3) is 0.130. The number of rotatable bonds is 3. The van der Waals surface area contributed by atoms with Gasteiger partial charge in [0.05, 0.1) is 11.8 Å². The maximum absolute atomic E-state index is 13.0. The van der Waals surface area contributed by atoms with Crippen LogP contribution in [0.25, 0.3) is 5.76 Å². The van der Waals surface area contributed by atoms with Crippen molar-refractivity contribution in [3.63, 3.8) is 0 Å². The van der Waals surface area contributed by atoms with Gasteiger partial charge in [-0.1, -0.05) is 17.7 Å². The molecule has 1 saturated heterocycles. The van der Waals surface area contributed by atoms with E-state index in [9.17, 15) is 14.7 Å². The fourth-order valence-electron chi connectivity index (χ4n) is 3.45. The summed E-state index contributed by atoms with van der Waals surface area (Å²) in [6.07, 6.45) is 1.47. The quantitative estimate of drug-likeness (QED) is 0.369. The summed E-state index contributed by atoms with van der Waals surface area (Å²) in [5.74, 6) is -1.37. The number of aliphatic hydroxyl groups excluding tert-OH is 1. The number of ketones is 1. The van der Waals surface area contributed by atoms with Crippen LogP contribution < -0.4 is 4.90 Å². The summed E-state index contributed by atoms with van der Waals surface area (Å²) in [4.78, 5) is 27.3. The van der Waals surface area contributed by atoms with E-state index >= 15 is 0 Å². The number of halogens is 1. The fourth-order valence-corrected chi connectivity index (χ4v) is 3.58. The van der Waals surface area contributed by atoms with Crippen LogP contribution in [-0.2, 0) is 9.59 Å². The van der Waals surface area contributed by atoms with E-state index < -0.39 is 17.7 Å². The van der Waals surface area contributed by atoms with Crippen LogP contribution in [0, 0.1) is 13.8 Å². The van der Waals surface area contributed by atoms with Crippen LogP contribution in [-0.4, -0.2) is 16.8 Å². The van der Waals surface area contributed by atoms with Crippen molar-refractivity contribution in [2.75, 3.05) is 4.90 Å². The molecule has 4 rings (SSSR count). The molecule has 1 fully saturated rings. The monoisotopic (exact) mass is 407 g/mol. The third-order valence-corrected chi connectivity index (χ3v) is 5.40. The molecule has 29 heavy (non-hydrogen) atoms. The number of carbonyl (C=O) groups is 2. The molecule has 1 aromatic heterocycles. The Labute approximate surface area is 172 Å². The lowest BCUT2D eigenvalue weighted by molar-refractivity contribution is -0.132. The molecule has 2 heterocycles. The van der Waals surface area contributed by atoms with E-state index in [0.29, 0.717) is 22.0 Å². The van der Waals surface area contributed by atoms with Crippen molar-refractivity contribution < 1.29 is 19.1 Å². The Kier molecular flexibility index (Phi) is 4.76. The molecule has 1 N–H and O–H groups in total. The van der Waals surface area contributed by atoms with E-state index in [1.54, 1.807) is 42.5 Å². The molecule has 0 radical (unpaired) electrons. The van der Waals surface area contributed by atoms with Crippen LogP contribution in [0.4, 0.5) is 5.69 Å². The number of furan rings is 1. The van der Waals surface area contributed by atoms with E-state index in [1.165, 1.54) is 11.2 Å². The second-order valence-corrected chi connectivity index (χ2v) is 7.40. The van der Waals surface area contributed by atoms with Gasteiger partial charge in [0.1, 0.15) is 17.6 Å². The zero-order valence-corrected chi connectivity index (χ0v) is 16.6. The standard InChI is InChI=1S/C23H18ClNO4/c1-13-5-10-17(12-14(13)2)25-20(18-4-3-11-29-18)19(22(27)23(25)28)21(26)15-6-8-16(24)9-7-15/h3-12,20,26H,1-2H3/b21-19-. The van der Waals surface area contributed by atoms with Crippen LogP contribution in [0.15, 0.2) is 70.9 Å². The largest absolute Gasteiger partial charge is 0.507 e. The molecular formula is C23H18ClNO4. The molecule has 2 aromatic carbocycles. The predicted octanol–water partition coefficient (Wildman–Crippen LogP) is 5.18. The maximum Gasteiger partial charge on any atom is 0.300 e. The minimum Gasteiger partial charge on any atom is -0.507 e. The highest BCUT2D eigenvalue weighted by atomic mass is 35.5. The lowest BCUT2D eigenvalue weighted by Gasteiger charge is -2.24. The van der Waals surface area contributed by atoms with Gasteiger partial charge in [-0.15, -0.1) is 0 Å². The number of hydrogen-bond donors (Lipinski definition) is 1. The highest BCUT2D eigenvalue weighted by Gasteiger charge is 2.48. The summed E-state index contributed by atoms with van der Waals surface area (Å²) in [5.41, 5.74) is 2.99. The number of amides is 1. The van der Waals surface area contributed by atoms with Gasteiger partial charge < -0.3 is 9.52 Å². The van der Waals surface area contributed by atoms with Gasteiger partial charge in [-0.05, 0) is 73.5 Å². The van der Waals surface area contributed by atoms with E-state index in [1.807, 2.05) is 26.0 Å². The summed E-state index contributed by atoms with van der Waals surface area (Å²) in [6, 6.07) is 14.4. The second-order valence-electron chi connectivity index (χ2n) is 6.96. The number of carbonyl (C=O) groups excluding carboxylic acids is 2. The molecule has 0 spiro atoms. The number of hydrogen-bond acceptors (Lipinski definition) is 4. The smallest absolute Gasteiger partial charge is 0.300 e. The van der Waals surface area contributed by atoms with Gasteiger partial charge in [-0.3, -0.25) is 14.5 Å². The number of aliphatic hydroxyl groups is 1. The zero-order chi connectivity index (χ0) is 20.7. The maximum atomic E-state index is 13.0. The first kappa shape index (κ1) is 19.0. The lowest BCUT2D eigenvalue weighted by atomic mass is 9.99. The van der Waals surface area contributed by atoms with Crippen molar-refractivity contribution in [1.82, 2.24) is 0 Å². The minimum absolute atomic E-state index is 0.0227. The Morgan fingerprint density at radius 1 is 1.03 bits per heavy atom. The summed E-state index contributed by atoms with van der Waals surface area (Å²) < 4.78 is 5.54. The van der Waals surface area contributed by atoms with Crippen molar-refractivity contribution in [1.29, 1.82) is 0 Å². The first-order valence-corrected chi connectivity index (χ1v) is 9.44. The highest BCUT2D eigenvalue weighted by Crippen LogP contribution is 2.42. The number of benzene rings is 2. The van der Waals surface area contributed by atoms with Gasteiger partial charge in [0, 0.05) is 16.3 Å². The first-order valence-electron chi connectivity index (χ1n) is 9.06. The Bertz CT molecular complexity index is 1130. The first-order chi connectivity index (χ1) is 13.9. The zero-order valence-electron chi connectivity index (χ0n) is 15.8. The SMILES string of the molecule is Cc1ccc(N2C(=O)C(=O)/C(=C(\O)c3ccc(Cl)cc3)C2c2ccco2)cc1C. The minimum atomic E-state index is -0.872. The molecule has 1 atom stereocenters. The molecule has 5 nitrogen and oxygen atoms in total. The lowest BCUT2D eigenvalue weighted by Crippen LogP contribution is -2.29. The Balaban J connectivity index is 1.92. The molecule has 0 bridgehead atoms. The molecule has 0 aliphatic carbocycles. The molecule has 3 aromatic rings. The topological polar surface area (TPSA) is 70.8 Å². The molecular weight excluding hydrogens is 390 g/mol. The van der Waals surface area contributed by atoms with Crippen molar-refractivity contribution in [3.8, 4) is 0 Å². The van der Waals surface area contributed by atoms with Crippen LogP contribution in [0.2, 0.25) is 5.02 Å². The van der Waals surface area contributed by atoms with Crippen LogP contribution in [0.1, 0.15) is 28.5 Å². The van der Waals surface area contributed by atoms with E-state index in [2.05, 4.69) is 0 Å². The molecule has 1 amide bonds.